The van der Waals surface area contributed by atoms with Crippen molar-refractivity contribution in [3.8, 4) is 0 Å². The topological polar surface area (TPSA) is 21.3 Å². The lowest BCUT2D eigenvalue weighted by Gasteiger charge is -2.38. The Balaban J connectivity index is 2.21. The second kappa shape index (κ2) is 7.57. The summed E-state index contributed by atoms with van der Waals surface area (Å²) in [5.41, 5.74) is 0.873. The number of likely N-dealkylation sites (N-methyl/N-ethyl adjacent to an activating group) is 1. The van der Waals surface area contributed by atoms with Crippen molar-refractivity contribution < 1.29 is 9.13 Å². The molecule has 1 unspecified atom stereocenters. The molecule has 1 saturated carbocycles. The van der Waals surface area contributed by atoms with E-state index in [1.54, 1.807) is 6.07 Å². The van der Waals surface area contributed by atoms with Crippen LogP contribution >= 0.6 is 11.6 Å². The van der Waals surface area contributed by atoms with Gasteiger partial charge >= 0.3 is 0 Å². The summed E-state index contributed by atoms with van der Waals surface area (Å²) in [4.78, 5) is 0. The molecule has 1 atom stereocenters. The third-order valence-electron chi connectivity index (χ3n) is 4.41. The van der Waals surface area contributed by atoms with Crippen LogP contribution in [0.15, 0.2) is 18.2 Å². The van der Waals surface area contributed by atoms with Gasteiger partial charge in [0.1, 0.15) is 5.82 Å². The summed E-state index contributed by atoms with van der Waals surface area (Å²) in [6.07, 6.45) is 5.35. The Morgan fingerprint density at radius 2 is 2.05 bits per heavy atom. The third-order valence-corrected chi connectivity index (χ3v) is 4.76. The number of benzene rings is 1. The molecule has 2 nitrogen and oxygen atoms in total. The van der Waals surface area contributed by atoms with E-state index in [2.05, 4.69) is 12.2 Å². The number of hydrogen-bond acceptors (Lipinski definition) is 2. The van der Waals surface area contributed by atoms with Gasteiger partial charge in [-0.1, -0.05) is 37.4 Å². The maximum Gasteiger partial charge on any atom is 0.124 e. The van der Waals surface area contributed by atoms with Gasteiger partial charge in [0.05, 0.1) is 5.60 Å². The van der Waals surface area contributed by atoms with Crippen LogP contribution in [0.2, 0.25) is 5.02 Å². The van der Waals surface area contributed by atoms with E-state index in [4.69, 9.17) is 16.3 Å². The fraction of sp³-hybridized carbons (Fsp3) is 0.647. The number of halogens is 2. The molecule has 118 valence electrons. The highest BCUT2D eigenvalue weighted by Gasteiger charge is 2.41. The van der Waals surface area contributed by atoms with Gasteiger partial charge in [-0.25, -0.2) is 4.39 Å². The zero-order valence-electron chi connectivity index (χ0n) is 12.9. The molecule has 0 aliphatic heterocycles. The summed E-state index contributed by atoms with van der Waals surface area (Å²) in [6, 6.07) is 4.87. The quantitative estimate of drug-likeness (QED) is 0.808. The first-order valence-corrected chi connectivity index (χ1v) is 8.30. The summed E-state index contributed by atoms with van der Waals surface area (Å²) < 4.78 is 19.4. The van der Waals surface area contributed by atoms with Crippen molar-refractivity contribution in [1.82, 2.24) is 5.32 Å². The summed E-state index contributed by atoms with van der Waals surface area (Å²) in [5, 5.41) is 4.07. The predicted octanol–water partition coefficient (Wildman–Crippen LogP) is 4.35. The zero-order valence-corrected chi connectivity index (χ0v) is 13.7. The van der Waals surface area contributed by atoms with E-state index in [1.165, 1.54) is 25.0 Å². The number of rotatable bonds is 7. The van der Waals surface area contributed by atoms with Crippen molar-refractivity contribution >= 4 is 11.6 Å². The molecular weight excluding hydrogens is 289 g/mol. The van der Waals surface area contributed by atoms with Crippen LogP contribution in [-0.4, -0.2) is 24.8 Å². The fourth-order valence-electron chi connectivity index (χ4n) is 3.45. The molecule has 2 rings (SSSR count). The molecule has 0 heterocycles. The summed E-state index contributed by atoms with van der Waals surface area (Å²) in [6.45, 7) is 5.76. The smallest absolute Gasteiger partial charge is 0.124 e. The molecule has 0 radical (unpaired) electrons. The van der Waals surface area contributed by atoms with E-state index < -0.39 is 0 Å². The molecule has 1 aliphatic carbocycles. The Bertz CT molecular complexity index is 460. The van der Waals surface area contributed by atoms with Crippen LogP contribution < -0.4 is 5.32 Å². The zero-order chi connectivity index (χ0) is 15.3. The average molecular weight is 314 g/mol. The van der Waals surface area contributed by atoms with E-state index in [1.807, 2.05) is 6.92 Å². The van der Waals surface area contributed by atoms with Crippen LogP contribution in [-0.2, 0) is 11.2 Å². The van der Waals surface area contributed by atoms with Crippen LogP contribution in [0.4, 0.5) is 4.39 Å². The second-order valence-electron chi connectivity index (χ2n) is 5.76. The van der Waals surface area contributed by atoms with Crippen LogP contribution in [0.1, 0.15) is 45.1 Å². The van der Waals surface area contributed by atoms with Crippen molar-refractivity contribution in [3.05, 3.63) is 34.6 Å². The molecule has 0 spiro atoms. The second-order valence-corrected chi connectivity index (χ2v) is 6.16. The Hall–Kier alpha value is -0.640. The maximum atomic E-state index is 13.2. The largest absolute Gasteiger partial charge is 0.374 e. The normalized spacial score (nSPS) is 18.9. The molecule has 0 saturated heterocycles. The van der Waals surface area contributed by atoms with Crippen molar-refractivity contribution in [2.24, 2.45) is 0 Å². The number of nitrogens with one attached hydrogen (secondary N) is 1. The first-order chi connectivity index (χ1) is 10.1. The molecule has 1 aromatic carbocycles. The van der Waals surface area contributed by atoms with E-state index in [9.17, 15) is 4.39 Å². The predicted molar refractivity (Wildman–Crippen MR) is 85.4 cm³/mol. The highest BCUT2D eigenvalue weighted by atomic mass is 35.5. The van der Waals surface area contributed by atoms with Crippen molar-refractivity contribution in [3.63, 3.8) is 0 Å². The van der Waals surface area contributed by atoms with Gasteiger partial charge in [-0.2, -0.15) is 0 Å². The molecule has 1 fully saturated rings. The molecule has 0 bridgehead atoms. The Labute approximate surface area is 132 Å². The van der Waals surface area contributed by atoms with E-state index >= 15 is 0 Å². The molecule has 0 aromatic heterocycles. The van der Waals surface area contributed by atoms with Gasteiger partial charge in [0, 0.05) is 17.7 Å². The first-order valence-electron chi connectivity index (χ1n) is 7.92. The lowest BCUT2D eigenvalue weighted by molar-refractivity contribution is -0.0609. The molecule has 21 heavy (non-hydrogen) atoms. The molecule has 4 heteroatoms. The monoisotopic (exact) mass is 313 g/mol. The number of ether oxygens (including phenoxy) is 1. The van der Waals surface area contributed by atoms with Crippen LogP contribution in [0.3, 0.4) is 0 Å². The maximum absolute atomic E-state index is 13.2. The van der Waals surface area contributed by atoms with Crippen LogP contribution in [0.5, 0.6) is 0 Å². The van der Waals surface area contributed by atoms with Crippen molar-refractivity contribution in [2.45, 2.75) is 57.6 Å². The van der Waals surface area contributed by atoms with Crippen molar-refractivity contribution in [1.29, 1.82) is 0 Å². The van der Waals surface area contributed by atoms with Crippen molar-refractivity contribution in [2.75, 3.05) is 13.2 Å². The molecule has 1 N–H and O–H groups in total. The third kappa shape index (κ3) is 3.97. The Kier molecular flexibility index (Phi) is 6.03. The van der Waals surface area contributed by atoms with Gasteiger partial charge in [-0.05, 0) is 50.4 Å². The van der Waals surface area contributed by atoms with E-state index in [-0.39, 0.29) is 17.5 Å². The number of hydrogen-bond donors (Lipinski definition) is 1. The summed E-state index contributed by atoms with van der Waals surface area (Å²) >= 11 is 6.19. The average Bonchev–Trinajstić information content (AvgIpc) is 2.91. The fourth-order valence-corrected chi connectivity index (χ4v) is 3.70. The minimum atomic E-state index is -0.288. The van der Waals surface area contributed by atoms with Crippen LogP contribution in [0, 0.1) is 5.82 Å². The molecule has 0 amide bonds. The Morgan fingerprint density at radius 1 is 1.33 bits per heavy atom. The van der Waals surface area contributed by atoms with Gasteiger partial charge in [0.2, 0.25) is 0 Å². The summed E-state index contributed by atoms with van der Waals surface area (Å²) in [7, 11) is 0. The lowest BCUT2D eigenvalue weighted by Crippen LogP contribution is -2.52. The minimum Gasteiger partial charge on any atom is -0.374 e. The Morgan fingerprint density at radius 3 is 2.62 bits per heavy atom. The highest BCUT2D eigenvalue weighted by Crippen LogP contribution is 2.38. The molecule has 1 aliphatic rings. The molecule has 1 aromatic rings. The van der Waals surface area contributed by atoms with Gasteiger partial charge in [-0.3, -0.25) is 0 Å². The standard InChI is InChI=1S/C17H25ClFNO/c1-3-20-16(17(21-4-2)9-5-6-10-17)11-13-7-8-14(19)12-15(13)18/h7-8,12,16,20H,3-6,9-11H2,1-2H3. The van der Waals surface area contributed by atoms with Gasteiger partial charge < -0.3 is 10.1 Å². The lowest BCUT2D eigenvalue weighted by atomic mass is 9.87. The minimum absolute atomic E-state index is 0.109. The van der Waals surface area contributed by atoms with E-state index in [0.717, 1.165) is 38.0 Å². The highest BCUT2D eigenvalue weighted by molar-refractivity contribution is 6.31. The van der Waals surface area contributed by atoms with Crippen LogP contribution in [0.25, 0.3) is 0 Å². The van der Waals surface area contributed by atoms with Gasteiger partial charge in [0.15, 0.2) is 0 Å². The summed E-state index contributed by atoms with van der Waals surface area (Å²) in [5.74, 6) is -0.288. The first kappa shape index (κ1) is 16.7. The van der Waals surface area contributed by atoms with E-state index in [0.29, 0.717) is 5.02 Å². The van der Waals surface area contributed by atoms with Gasteiger partial charge in [0.25, 0.3) is 0 Å². The SMILES string of the molecule is CCNC(Cc1ccc(F)cc1Cl)C1(OCC)CCCC1. The molecular formula is C17H25ClFNO. The van der Waals surface area contributed by atoms with Gasteiger partial charge in [-0.15, -0.1) is 0 Å².